The quantitative estimate of drug-likeness (QED) is 0.565. The summed E-state index contributed by atoms with van der Waals surface area (Å²) in [6.45, 7) is 0. The molecule has 2 heterocycles. The third-order valence-corrected chi connectivity index (χ3v) is 3.98. The van der Waals surface area contributed by atoms with Crippen molar-refractivity contribution in [1.82, 2.24) is 0 Å². The summed E-state index contributed by atoms with van der Waals surface area (Å²) in [5.41, 5.74) is 0.463. The average Bonchev–Trinajstić information content (AvgIpc) is 2.60. The zero-order valence-corrected chi connectivity index (χ0v) is 13.1. The largest absolute Gasteiger partial charge is 0.507 e. The Bertz CT molecular complexity index is 1230. The van der Waals surface area contributed by atoms with E-state index in [-0.39, 0.29) is 11.3 Å². The molecule has 0 fully saturated rings. The van der Waals surface area contributed by atoms with Crippen molar-refractivity contribution in [3.05, 3.63) is 69.4 Å². The van der Waals surface area contributed by atoms with E-state index in [9.17, 15) is 14.7 Å². The van der Waals surface area contributed by atoms with Crippen LogP contribution in [-0.2, 0) is 0 Å². The SMILES string of the molecule is COc1cc2oc(=O)ccc2cc1-c1c(O)ccc2ccc(=O)oc12. The standard InChI is InChI=1S/C19H12O6/c1-23-15-9-14-11(4-7-16(21)24-14)8-12(15)18-13(20)5-2-10-3-6-17(22)25-19(10)18/h2-9,20H,1H3. The highest BCUT2D eigenvalue weighted by Gasteiger charge is 2.18. The van der Waals surface area contributed by atoms with Crippen molar-refractivity contribution in [2.75, 3.05) is 7.11 Å². The van der Waals surface area contributed by atoms with Crippen LogP contribution in [-0.4, -0.2) is 12.2 Å². The lowest BCUT2D eigenvalue weighted by Gasteiger charge is -2.13. The van der Waals surface area contributed by atoms with Crippen LogP contribution < -0.4 is 16.0 Å². The minimum absolute atomic E-state index is 0.0584. The van der Waals surface area contributed by atoms with E-state index in [1.807, 2.05) is 0 Å². The first kappa shape index (κ1) is 15.0. The van der Waals surface area contributed by atoms with Gasteiger partial charge in [0.1, 0.15) is 22.7 Å². The minimum Gasteiger partial charge on any atom is -0.507 e. The van der Waals surface area contributed by atoms with Crippen molar-refractivity contribution < 1.29 is 18.7 Å². The highest BCUT2D eigenvalue weighted by molar-refractivity contribution is 5.99. The number of methoxy groups -OCH3 is 1. The molecule has 25 heavy (non-hydrogen) atoms. The number of ether oxygens (including phenoxy) is 1. The molecule has 0 bridgehead atoms. The zero-order chi connectivity index (χ0) is 17.6. The van der Waals surface area contributed by atoms with Crippen LogP contribution in [0.15, 0.2) is 67.0 Å². The molecular weight excluding hydrogens is 324 g/mol. The van der Waals surface area contributed by atoms with Crippen LogP contribution in [0.2, 0.25) is 0 Å². The first-order valence-corrected chi connectivity index (χ1v) is 7.45. The van der Waals surface area contributed by atoms with Gasteiger partial charge in [-0.1, -0.05) is 0 Å². The van der Waals surface area contributed by atoms with Gasteiger partial charge in [0.15, 0.2) is 0 Å². The second kappa shape index (κ2) is 5.52. The number of aromatic hydroxyl groups is 1. The van der Waals surface area contributed by atoms with Gasteiger partial charge in [0.05, 0.1) is 12.7 Å². The van der Waals surface area contributed by atoms with Gasteiger partial charge in [-0.05, 0) is 30.3 Å². The highest BCUT2D eigenvalue weighted by atomic mass is 16.5. The van der Waals surface area contributed by atoms with Crippen molar-refractivity contribution in [3.8, 4) is 22.6 Å². The molecule has 0 radical (unpaired) electrons. The number of hydrogen-bond acceptors (Lipinski definition) is 6. The van der Waals surface area contributed by atoms with Gasteiger partial charge in [0.2, 0.25) is 0 Å². The molecule has 2 aromatic heterocycles. The third kappa shape index (κ3) is 2.44. The van der Waals surface area contributed by atoms with E-state index in [2.05, 4.69) is 0 Å². The zero-order valence-electron chi connectivity index (χ0n) is 13.1. The molecule has 0 aliphatic rings. The topological polar surface area (TPSA) is 89.9 Å². The molecule has 6 nitrogen and oxygen atoms in total. The maximum absolute atomic E-state index is 11.7. The molecular formula is C19H12O6. The summed E-state index contributed by atoms with van der Waals surface area (Å²) in [6.07, 6.45) is 0. The Morgan fingerprint density at radius 3 is 2.32 bits per heavy atom. The summed E-state index contributed by atoms with van der Waals surface area (Å²) < 4.78 is 15.9. The van der Waals surface area contributed by atoms with Crippen molar-refractivity contribution in [2.45, 2.75) is 0 Å². The Labute approximate surface area is 140 Å². The Balaban J connectivity index is 2.14. The second-order valence-corrected chi connectivity index (χ2v) is 5.48. The van der Waals surface area contributed by atoms with Crippen LogP contribution in [0.5, 0.6) is 11.5 Å². The van der Waals surface area contributed by atoms with Gasteiger partial charge in [-0.3, -0.25) is 0 Å². The Hall–Kier alpha value is -3.54. The maximum Gasteiger partial charge on any atom is 0.336 e. The van der Waals surface area contributed by atoms with Crippen molar-refractivity contribution in [2.24, 2.45) is 0 Å². The van der Waals surface area contributed by atoms with Gasteiger partial charge in [0.25, 0.3) is 0 Å². The van der Waals surface area contributed by atoms with E-state index in [0.717, 1.165) is 0 Å². The van der Waals surface area contributed by atoms with Crippen LogP contribution in [0, 0.1) is 0 Å². The van der Waals surface area contributed by atoms with Crippen molar-refractivity contribution in [3.63, 3.8) is 0 Å². The van der Waals surface area contributed by atoms with Gasteiger partial charge in [-0.25, -0.2) is 9.59 Å². The van der Waals surface area contributed by atoms with Crippen LogP contribution in [0.1, 0.15) is 0 Å². The first-order chi connectivity index (χ1) is 12.1. The molecule has 0 spiro atoms. The van der Waals surface area contributed by atoms with E-state index in [1.54, 1.807) is 30.3 Å². The van der Waals surface area contributed by atoms with E-state index < -0.39 is 11.3 Å². The summed E-state index contributed by atoms with van der Waals surface area (Å²) >= 11 is 0. The van der Waals surface area contributed by atoms with E-state index >= 15 is 0 Å². The van der Waals surface area contributed by atoms with E-state index in [4.69, 9.17) is 13.6 Å². The summed E-state index contributed by atoms with van der Waals surface area (Å²) in [4.78, 5) is 23.1. The monoisotopic (exact) mass is 336 g/mol. The van der Waals surface area contributed by atoms with Gasteiger partial charge in [0, 0.05) is 34.5 Å². The van der Waals surface area contributed by atoms with Crippen LogP contribution in [0.4, 0.5) is 0 Å². The molecule has 0 unspecified atom stereocenters. The van der Waals surface area contributed by atoms with Crippen LogP contribution in [0.25, 0.3) is 33.1 Å². The van der Waals surface area contributed by atoms with Gasteiger partial charge >= 0.3 is 11.3 Å². The first-order valence-electron chi connectivity index (χ1n) is 7.45. The smallest absolute Gasteiger partial charge is 0.336 e. The molecule has 0 aliphatic carbocycles. The highest BCUT2D eigenvalue weighted by Crippen LogP contribution is 2.42. The van der Waals surface area contributed by atoms with Crippen LogP contribution >= 0.6 is 0 Å². The fourth-order valence-electron chi connectivity index (χ4n) is 2.84. The molecule has 0 aliphatic heterocycles. The molecule has 0 saturated carbocycles. The maximum atomic E-state index is 11.7. The van der Waals surface area contributed by atoms with Gasteiger partial charge < -0.3 is 18.7 Å². The molecule has 124 valence electrons. The number of benzene rings is 2. The fourth-order valence-corrected chi connectivity index (χ4v) is 2.84. The summed E-state index contributed by atoms with van der Waals surface area (Å²) in [5, 5.41) is 11.7. The number of rotatable bonds is 2. The molecule has 0 saturated heterocycles. The molecule has 4 rings (SSSR count). The predicted molar refractivity (Wildman–Crippen MR) is 92.2 cm³/mol. The number of phenolic OH excluding ortho intramolecular Hbond substituents is 1. The number of phenols is 1. The third-order valence-electron chi connectivity index (χ3n) is 3.98. The summed E-state index contributed by atoms with van der Waals surface area (Å²) in [6, 6.07) is 12.3. The second-order valence-electron chi connectivity index (χ2n) is 5.48. The molecule has 2 aromatic carbocycles. The minimum atomic E-state index is -0.523. The molecule has 0 amide bonds. The molecule has 0 atom stereocenters. The Morgan fingerprint density at radius 1 is 0.880 bits per heavy atom. The van der Waals surface area contributed by atoms with E-state index in [0.29, 0.717) is 33.2 Å². The normalized spacial score (nSPS) is 11.1. The lowest BCUT2D eigenvalue weighted by Crippen LogP contribution is -1.98. The summed E-state index contributed by atoms with van der Waals surface area (Å²) in [5.74, 6) is 0.313. The van der Waals surface area contributed by atoms with Gasteiger partial charge in [-0.2, -0.15) is 0 Å². The Morgan fingerprint density at radius 2 is 1.56 bits per heavy atom. The number of hydrogen-bond donors (Lipinski definition) is 1. The lowest BCUT2D eigenvalue weighted by atomic mass is 9.99. The fraction of sp³-hybridized carbons (Fsp3) is 0.0526. The molecule has 6 heteroatoms. The Kier molecular flexibility index (Phi) is 3.32. The van der Waals surface area contributed by atoms with E-state index in [1.165, 1.54) is 25.3 Å². The number of fused-ring (bicyclic) bond motifs is 2. The molecule has 4 aromatic rings. The predicted octanol–water partition coefficient (Wildman–Crippen LogP) is 3.28. The van der Waals surface area contributed by atoms with Crippen molar-refractivity contribution in [1.29, 1.82) is 0 Å². The molecule has 1 N–H and O–H groups in total. The van der Waals surface area contributed by atoms with Gasteiger partial charge in [-0.15, -0.1) is 0 Å². The van der Waals surface area contributed by atoms with Crippen molar-refractivity contribution >= 4 is 21.9 Å². The lowest BCUT2D eigenvalue weighted by molar-refractivity contribution is 0.415. The van der Waals surface area contributed by atoms with Crippen LogP contribution in [0.3, 0.4) is 0 Å². The summed E-state index contributed by atoms with van der Waals surface area (Å²) in [7, 11) is 1.46. The average molecular weight is 336 g/mol.